The minimum Gasteiger partial charge on any atom is -0.493 e. The predicted molar refractivity (Wildman–Crippen MR) is 123 cm³/mol. The predicted octanol–water partition coefficient (Wildman–Crippen LogP) is 3.79. The lowest BCUT2D eigenvalue weighted by atomic mass is 9.82. The van der Waals surface area contributed by atoms with Crippen LogP contribution in [0.15, 0.2) is 35.4 Å². The van der Waals surface area contributed by atoms with Crippen molar-refractivity contribution in [3.8, 4) is 17.2 Å². The van der Waals surface area contributed by atoms with Crippen LogP contribution in [0, 0.1) is 5.41 Å². The van der Waals surface area contributed by atoms with Crippen molar-refractivity contribution in [2.24, 2.45) is 5.41 Å². The summed E-state index contributed by atoms with van der Waals surface area (Å²) in [6.07, 6.45) is 4.70. The molecule has 0 fully saturated rings. The Hall–Kier alpha value is -2.96. The quantitative estimate of drug-likeness (QED) is 0.725. The van der Waals surface area contributed by atoms with Gasteiger partial charge in [-0.25, -0.2) is 0 Å². The van der Waals surface area contributed by atoms with E-state index in [0.717, 1.165) is 17.6 Å². The van der Waals surface area contributed by atoms with Gasteiger partial charge in [-0.1, -0.05) is 19.9 Å². The largest absolute Gasteiger partial charge is 0.493 e. The summed E-state index contributed by atoms with van der Waals surface area (Å²) in [5.41, 5.74) is 2.11. The molecule has 1 aliphatic carbocycles. The van der Waals surface area contributed by atoms with Crippen LogP contribution in [0.4, 0.5) is 0 Å². The number of nitrogens with one attached hydrogen (secondary N) is 1. The van der Waals surface area contributed by atoms with Crippen LogP contribution in [0.1, 0.15) is 52.6 Å². The van der Waals surface area contributed by atoms with E-state index in [9.17, 15) is 9.59 Å². The molecular weight excluding hydrogens is 408 g/mol. The fourth-order valence-electron chi connectivity index (χ4n) is 4.39. The second-order valence-corrected chi connectivity index (χ2v) is 9.91. The van der Waals surface area contributed by atoms with E-state index in [0.29, 0.717) is 29.4 Å². The van der Waals surface area contributed by atoms with Crippen molar-refractivity contribution in [3.05, 3.63) is 41.0 Å². The number of benzene rings is 1. The van der Waals surface area contributed by atoms with E-state index in [2.05, 4.69) is 25.2 Å². The summed E-state index contributed by atoms with van der Waals surface area (Å²) >= 11 is 0. The lowest BCUT2D eigenvalue weighted by Crippen LogP contribution is -2.50. The summed E-state index contributed by atoms with van der Waals surface area (Å²) in [5, 5.41) is 3.03. The molecule has 2 amide bonds. The highest BCUT2D eigenvalue weighted by molar-refractivity contribution is 5.97. The van der Waals surface area contributed by atoms with Crippen LogP contribution in [-0.4, -0.2) is 50.1 Å². The maximum absolute atomic E-state index is 13.6. The Labute approximate surface area is 190 Å². The Morgan fingerprint density at radius 3 is 2.31 bits per heavy atom. The molecule has 0 bridgehead atoms. The highest BCUT2D eigenvalue weighted by Gasteiger charge is 2.42. The monoisotopic (exact) mass is 442 g/mol. The van der Waals surface area contributed by atoms with Gasteiger partial charge in [-0.15, -0.1) is 0 Å². The van der Waals surface area contributed by atoms with Gasteiger partial charge in [0.15, 0.2) is 11.5 Å². The fraction of sp³-hybridized carbons (Fsp3) is 0.520. The van der Waals surface area contributed by atoms with Gasteiger partial charge < -0.3 is 24.4 Å². The van der Waals surface area contributed by atoms with Crippen LogP contribution in [-0.2, 0) is 9.59 Å². The molecule has 174 valence electrons. The Balaban J connectivity index is 2.15. The number of amides is 2. The van der Waals surface area contributed by atoms with Crippen molar-refractivity contribution in [3.63, 3.8) is 0 Å². The minimum absolute atomic E-state index is 0.0821. The van der Waals surface area contributed by atoms with Gasteiger partial charge in [0.1, 0.15) is 6.04 Å². The van der Waals surface area contributed by atoms with Crippen LogP contribution in [0.3, 0.4) is 0 Å². The van der Waals surface area contributed by atoms with Gasteiger partial charge >= 0.3 is 0 Å². The van der Waals surface area contributed by atoms with Gasteiger partial charge in [-0.05, 0) is 55.9 Å². The van der Waals surface area contributed by atoms with Gasteiger partial charge in [0, 0.05) is 23.7 Å². The molecule has 1 aromatic rings. The van der Waals surface area contributed by atoms with E-state index < -0.39 is 11.6 Å². The third-order valence-corrected chi connectivity index (χ3v) is 5.91. The number of hydrogen-bond acceptors (Lipinski definition) is 5. The van der Waals surface area contributed by atoms with Crippen molar-refractivity contribution in [2.45, 2.75) is 52.6 Å². The maximum atomic E-state index is 13.6. The standard InChI is InChI=1S/C25H34N2O5/c1-24(2,3)26-23(29)20(16-9-10-18(30-6)22(32-8)21(16)31-7)27-14-15-11-12-25(4,5)17(15)13-19(27)28/h9-11,13,20H,12,14H2,1-8H3,(H,26,29). The molecular formula is C25H34N2O5. The van der Waals surface area contributed by atoms with Gasteiger partial charge in [-0.3, -0.25) is 9.59 Å². The minimum atomic E-state index is -0.904. The molecule has 7 heteroatoms. The molecule has 1 atom stereocenters. The number of fused-ring (bicyclic) bond motifs is 1. The smallest absolute Gasteiger partial charge is 0.248 e. The number of carbonyl (C=O) groups is 2. The molecule has 2 aliphatic rings. The van der Waals surface area contributed by atoms with Crippen LogP contribution >= 0.6 is 0 Å². The molecule has 0 radical (unpaired) electrons. The molecule has 7 nitrogen and oxygen atoms in total. The fourth-order valence-corrected chi connectivity index (χ4v) is 4.39. The topological polar surface area (TPSA) is 77.1 Å². The summed E-state index contributed by atoms with van der Waals surface area (Å²) in [6, 6.07) is 2.58. The molecule has 1 heterocycles. The first-order valence-corrected chi connectivity index (χ1v) is 10.8. The molecule has 32 heavy (non-hydrogen) atoms. The van der Waals surface area contributed by atoms with E-state index in [1.54, 1.807) is 23.1 Å². The molecule has 0 saturated heterocycles. The Kier molecular flexibility index (Phi) is 6.31. The average Bonchev–Trinajstić information content (AvgIpc) is 3.00. The normalized spacial score (nSPS) is 18.4. The zero-order valence-corrected chi connectivity index (χ0v) is 20.3. The first-order valence-electron chi connectivity index (χ1n) is 10.8. The molecule has 0 saturated carbocycles. The van der Waals surface area contributed by atoms with E-state index >= 15 is 0 Å². The average molecular weight is 443 g/mol. The number of carbonyl (C=O) groups excluding carboxylic acids is 2. The van der Waals surface area contributed by atoms with Gasteiger partial charge in [0.05, 0.1) is 21.3 Å². The van der Waals surface area contributed by atoms with Crippen molar-refractivity contribution in [2.75, 3.05) is 27.9 Å². The van der Waals surface area contributed by atoms with Crippen molar-refractivity contribution in [1.29, 1.82) is 0 Å². The molecule has 1 aromatic carbocycles. The Bertz CT molecular complexity index is 985. The molecule has 1 N–H and O–H groups in total. The second-order valence-electron chi connectivity index (χ2n) is 9.91. The Morgan fingerprint density at radius 2 is 1.75 bits per heavy atom. The highest BCUT2D eigenvalue weighted by atomic mass is 16.5. The summed E-state index contributed by atoms with van der Waals surface area (Å²) in [6.45, 7) is 10.3. The number of methoxy groups -OCH3 is 3. The lowest BCUT2D eigenvalue weighted by molar-refractivity contribution is -0.138. The van der Waals surface area contributed by atoms with Crippen LogP contribution in [0.25, 0.3) is 0 Å². The van der Waals surface area contributed by atoms with Crippen molar-refractivity contribution >= 4 is 11.8 Å². The van der Waals surface area contributed by atoms with Crippen LogP contribution < -0.4 is 19.5 Å². The van der Waals surface area contributed by atoms with E-state index in [-0.39, 0.29) is 17.2 Å². The zero-order valence-electron chi connectivity index (χ0n) is 20.3. The summed E-state index contributed by atoms with van der Waals surface area (Å²) in [5.74, 6) is 0.742. The third-order valence-electron chi connectivity index (χ3n) is 5.91. The molecule has 0 aromatic heterocycles. The van der Waals surface area contributed by atoms with Gasteiger partial charge in [0.2, 0.25) is 17.6 Å². The molecule has 1 aliphatic heterocycles. The third kappa shape index (κ3) is 4.33. The van der Waals surface area contributed by atoms with Crippen LogP contribution in [0.2, 0.25) is 0 Å². The molecule has 3 rings (SSSR count). The van der Waals surface area contributed by atoms with Gasteiger partial charge in [0.25, 0.3) is 0 Å². The number of allylic oxidation sites excluding steroid dienone is 1. The number of rotatable bonds is 6. The molecule has 0 spiro atoms. The van der Waals surface area contributed by atoms with Crippen LogP contribution in [0.5, 0.6) is 17.2 Å². The summed E-state index contributed by atoms with van der Waals surface area (Å²) in [4.78, 5) is 28.5. The highest BCUT2D eigenvalue weighted by Crippen LogP contribution is 2.47. The van der Waals surface area contributed by atoms with Crippen molar-refractivity contribution in [1.82, 2.24) is 10.2 Å². The SMILES string of the molecule is COc1ccc(C(C(=O)NC(C)(C)C)N2CC3=CCC(C)(C)C3=CC2=O)c(OC)c1OC. The second kappa shape index (κ2) is 8.52. The van der Waals surface area contributed by atoms with E-state index in [1.165, 1.54) is 21.3 Å². The first-order chi connectivity index (χ1) is 14.9. The van der Waals surface area contributed by atoms with Gasteiger partial charge in [-0.2, -0.15) is 0 Å². The number of hydrogen-bond donors (Lipinski definition) is 1. The lowest BCUT2D eigenvalue weighted by Gasteiger charge is -2.37. The zero-order chi connectivity index (χ0) is 23.8. The number of nitrogens with zero attached hydrogens (tertiary/aromatic N) is 1. The van der Waals surface area contributed by atoms with E-state index in [4.69, 9.17) is 14.2 Å². The first kappa shape index (κ1) is 23.7. The summed E-state index contributed by atoms with van der Waals surface area (Å²) in [7, 11) is 4.56. The Morgan fingerprint density at radius 1 is 1.09 bits per heavy atom. The van der Waals surface area contributed by atoms with E-state index in [1.807, 2.05) is 20.8 Å². The number of ether oxygens (including phenoxy) is 3. The molecule has 1 unspecified atom stereocenters. The van der Waals surface area contributed by atoms with Crippen molar-refractivity contribution < 1.29 is 23.8 Å². The maximum Gasteiger partial charge on any atom is 0.248 e. The summed E-state index contributed by atoms with van der Waals surface area (Å²) < 4.78 is 16.6.